The van der Waals surface area contributed by atoms with Gasteiger partial charge in [-0.15, -0.1) is 0 Å². The summed E-state index contributed by atoms with van der Waals surface area (Å²) in [5, 5.41) is 7.93. The van der Waals surface area contributed by atoms with Crippen molar-refractivity contribution in [2.75, 3.05) is 0 Å². The zero-order valence-electron chi connectivity index (χ0n) is 13.5. The molecule has 2 nitrogen and oxygen atoms in total. The summed E-state index contributed by atoms with van der Waals surface area (Å²) in [4.78, 5) is 7.54. The average Bonchev–Trinajstić information content (AvgIpc) is 3.14. The van der Waals surface area contributed by atoms with Crippen molar-refractivity contribution < 1.29 is 0 Å². The van der Waals surface area contributed by atoms with E-state index in [1.165, 1.54) is 43.4 Å². The first-order valence-electron chi connectivity index (χ1n) is 8.48. The van der Waals surface area contributed by atoms with Crippen molar-refractivity contribution in [3.8, 4) is 11.1 Å². The van der Waals surface area contributed by atoms with Crippen LogP contribution in [-0.2, 0) is 0 Å². The lowest BCUT2D eigenvalue weighted by Gasteiger charge is -2.14. The van der Waals surface area contributed by atoms with E-state index in [4.69, 9.17) is 0 Å². The second kappa shape index (κ2) is 4.58. The molecular formula is C23H14N2. The third kappa shape index (κ3) is 1.71. The van der Waals surface area contributed by atoms with Gasteiger partial charge in [0.1, 0.15) is 0 Å². The SMILES string of the molecule is c1cc2ccc3ccc(-c4ccc5nc[nH]c5c4)c4ccc(c1)c2c34. The molecule has 0 saturated carbocycles. The van der Waals surface area contributed by atoms with E-state index in [-0.39, 0.29) is 0 Å². The monoisotopic (exact) mass is 318 g/mol. The molecule has 0 bridgehead atoms. The molecule has 0 fully saturated rings. The summed E-state index contributed by atoms with van der Waals surface area (Å²) in [6, 6.07) is 26.4. The third-order valence-corrected chi connectivity index (χ3v) is 5.26. The maximum atomic E-state index is 4.33. The Labute approximate surface area is 144 Å². The zero-order valence-corrected chi connectivity index (χ0v) is 13.5. The average molecular weight is 318 g/mol. The fourth-order valence-electron chi connectivity index (χ4n) is 4.09. The highest BCUT2D eigenvalue weighted by atomic mass is 14.9. The van der Waals surface area contributed by atoms with Crippen molar-refractivity contribution in [1.29, 1.82) is 0 Å². The Morgan fingerprint density at radius 2 is 1.44 bits per heavy atom. The first-order valence-corrected chi connectivity index (χ1v) is 8.48. The van der Waals surface area contributed by atoms with Crippen LogP contribution in [0.4, 0.5) is 0 Å². The number of benzene rings is 5. The van der Waals surface area contributed by atoms with E-state index in [0.717, 1.165) is 11.0 Å². The molecule has 1 heterocycles. The van der Waals surface area contributed by atoms with Crippen LogP contribution in [0.1, 0.15) is 0 Å². The number of aromatic amines is 1. The molecular weight excluding hydrogens is 304 g/mol. The quantitative estimate of drug-likeness (QED) is 0.363. The topological polar surface area (TPSA) is 28.7 Å². The molecule has 0 unspecified atom stereocenters. The molecule has 0 saturated heterocycles. The number of imidazole rings is 1. The lowest BCUT2D eigenvalue weighted by atomic mass is 9.90. The van der Waals surface area contributed by atoms with Crippen molar-refractivity contribution in [2.24, 2.45) is 0 Å². The number of rotatable bonds is 1. The molecule has 2 heteroatoms. The fourth-order valence-corrected chi connectivity index (χ4v) is 4.09. The van der Waals surface area contributed by atoms with Gasteiger partial charge < -0.3 is 4.98 Å². The lowest BCUT2D eigenvalue weighted by Crippen LogP contribution is -1.87. The molecule has 1 aromatic heterocycles. The number of hydrogen-bond acceptors (Lipinski definition) is 1. The van der Waals surface area contributed by atoms with Crippen LogP contribution in [0.15, 0.2) is 79.1 Å². The predicted molar refractivity (Wildman–Crippen MR) is 105 cm³/mol. The minimum Gasteiger partial charge on any atom is -0.345 e. The van der Waals surface area contributed by atoms with Gasteiger partial charge >= 0.3 is 0 Å². The molecule has 0 aliphatic rings. The van der Waals surface area contributed by atoms with Crippen LogP contribution in [0.5, 0.6) is 0 Å². The second-order valence-corrected chi connectivity index (χ2v) is 6.60. The van der Waals surface area contributed by atoms with Crippen LogP contribution in [0.25, 0.3) is 54.5 Å². The zero-order chi connectivity index (χ0) is 16.4. The highest BCUT2D eigenvalue weighted by Crippen LogP contribution is 2.39. The van der Waals surface area contributed by atoms with Gasteiger partial charge in [0.15, 0.2) is 0 Å². The van der Waals surface area contributed by atoms with Crippen LogP contribution in [0.2, 0.25) is 0 Å². The first-order chi connectivity index (χ1) is 12.4. The minimum absolute atomic E-state index is 1.00. The molecule has 0 spiro atoms. The van der Waals surface area contributed by atoms with Crippen LogP contribution in [0.3, 0.4) is 0 Å². The Kier molecular flexibility index (Phi) is 2.37. The van der Waals surface area contributed by atoms with Crippen molar-refractivity contribution in [3.05, 3.63) is 79.1 Å². The Hall–Kier alpha value is -3.39. The molecule has 0 aliphatic heterocycles. The van der Waals surface area contributed by atoms with Gasteiger partial charge in [-0.1, -0.05) is 60.7 Å². The van der Waals surface area contributed by atoms with Gasteiger partial charge in [0.2, 0.25) is 0 Å². The normalized spacial score (nSPS) is 12.0. The molecule has 1 N–H and O–H groups in total. The van der Waals surface area contributed by atoms with E-state index in [9.17, 15) is 0 Å². The predicted octanol–water partition coefficient (Wildman–Crippen LogP) is 6.13. The minimum atomic E-state index is 1.00. The Balaban J connectivity index is 1.78. The largest absolute Gasteiger partial charge is 0.345 e. The van der Waals surface area contributed by atoms with Crippen LogP contribution >= 0.6 is 0 Å². The van der Waals surface area contributed by atoms with Crippen LogP contribution in [0, 0.1) is 0 Å². The van der Waals surface area contributed by atoms with Crippen molar-refractivity contribution in [3.63, 3.8) is 0 Å². The summed E-state index contributed by atoms with van der Waals surface area (Å²) in [7, 11) is 0. The van der Waals surface area contributed by atoms with Gasteiger partial charge in [-0.2, -0.15) is 0 Å². The van der Waals surface area contributed by atoms with E-state index in [1.807, 2.05) is 0 Å². The van der Waals surface area contributed by atoms with Crippen LogP contribution < -0.4 is 0 Å². The van der Waals surface area contributed by atoms with E-state index in [0.29, 0.717) is 0 Å². The molecule has 25 heavy (non-hydrogen) atoms. The number of aromatic nitrogens is 2. The summed E-state index contributed by atoms with van der Waals surface area (Å²) >= 11 is 0. The lowest BCUT2D eigenvalue weighted by molar-refractivity contribution is 1.34. The van der Waals surface area contributed by atoms with Crippen molar-refractivity contribution >= 4 is 43.4 Å². The Bertz CT molecular complexity index is 1380. The van der Waals surface area contributed by atoms with Gasteiger partial charge in [0, 0.05) is 0 Å². The van der Waals surface area contributed by atoms with Gasteiger partial charge in [0.05, 0.1) is 17.4 Å². The number of H-pyrrole nitrogens is 1. The van der Waals surface area contributed by atoms with Crippen LogP contribution in [-0.4, -0.2) is 9.97 Å². The van der Waals surface area contributed by atoms with E-state index >= 15 is 0 Å². The second-order valence-electron chi connectivity index (χ2n) is 6.60. The maximum Gasteiger partial charge on any atom is 0.0931 e. The third-order valence-electron chi connectivity index (χ3n) is 5.26. The molecule has 0 amide bonds. The van der Waals surface area contributed by atoms with Crippen molar-refractivity contribution in [1.82, 2.24) is 9.97 Å². The van der Waals surface area contributed by atoms with Crippen molar-refractivity contribution in [2.45, 2.75) is 0 Å². The van der Waals surface area contributed by atoms with E-state index in [1.54, 1.807) is 6.33 Å². The standard InChI is InChI=1S/C23H14N2/c1-2-14-4-5-16-6-9-18(17-8-11-20-21(12-17)25-13-24-20)19-10-7-15(3-1)22(14)23(16)19/h1-13H,(H,24,25). The summed E-state index contributed by atoms with van der Waals surface area (Å²) in [5.74, 6) is 0. The van der Waals surface area contributed by atoms with Gasteiger partial charge in [-0.05, 0) is 55.6 Å². The number of hydrogen-bond donors (Lipinski definition) is 1. The Morgan fingerprint density at radius 3 is 2.32 bits per heavy atom. The number of nitrogens with zero attached hydrogens (tertiary/aromatic N) is 1. The summed E-state index contributed by atoms with van der Waals surface area (Å²) in [6.45, 7) is 0. The summed E-state index contributed by atoms with van der Waals surface area (Å²) < 4.78 is 0. The molecule has 0 radical (unpaired) electrons. The number of fused-ring (bicyclic) bond motifs is 1. The highest BCUT2D eigenvalue weighted by molar-refractivity contribution is 6.25. The smallest absolute Gasteiger partial charge is 0.0931 e. The van der Waals surface area contributed by atoms with Gasteiger partial charge in [-0.25, -0.2) is 4.98 Å². The molecule has 5 aromatic carbocycles. The Morgan fingerprint density at radius 1 is 0.680 bits per heavy atom. The molecule has 6 aromatic rings. The van der Waals surface area contributed by atoms with Gasteiger partial charge in [-0.3, -0.25) is 0 Å². The molecule has 0 atom stereocenters. The maximum absolute atomic E-state index is 4.33. The molecule has 0 aliphatic carbocycles. The molecule has 6 rings (SSSR count). The van der Waals surface area contributed by atoms with E-state index in [2.05, 4.69) is 82.8 Å². The summed E-state index contributed by atoms with van der Waals surface area (Å²) in [5.41, 5.74) is 4.56. The van der Waals surface area contributed by atoms with E-state index < -0.39 is 0 Å². The summed E-state index contributed by atoms with van der Waals surface area (Å²) in [6.07, 6.45) is 1.75. The highest BCUT2D eigenvalue weighted by Gasteiger charge is 2.12. The van der Waals surface area contributed by atoms with Gasteiger partial charge in [0.25, 0.3) is 0 Å². The first kappa shape index (κ1) is 13.0. The fraction of sp³-hybridized carbons (Fsp3) is 0. The number of nitrogens with one attached hydrogen (secondary N) is 1. The molecule has 116 valence electrons.